The van der Waals surface area contributed by atoms with Gasteiger partial charge in [-0.25, -0.2) is 8.42 Å². The zero-order valence-electron chi connectivity index (χ0n) is 16.3. The summed E-state index contributed by atoms with van der Waals surface area (Å²) >= 11 is 0. The van der Waals surface area contributed by atoms with Crippen LogP contribution in [0, 0.1) is 0 Å². The second kappa shape index (κ2) is 7.70. The van der Waals surface area contributed by atoms with Gasteiger partial charge in [-0.3, -0.25) is 19.9 Å². The summed E-state index contributed by atoms with van der Waals surface area (Å²) in [6.45, 7) is 0. The maximum absolute atomic E-state index is 14.0. The quantitative estimate of drug-likeness (QED) is 0.490. The van der Waals surface area contributed by atoms with Gasteiger partial charge in [0.25, 0.3) is 0 Å². The molecule has 0 amide bonds. The van der Waals surface area contributed by atoms with Crippen LogP contribution in [0.3, 0.4) is 0 Å². The van der Waals surface area contributed by atoms with Crippen molar-refractivity contribution in [3.63, 3.8) is 0 Å². The second-order valence-electron chi connectivity index (χ2n) is 6.77. The highest BCUT2D eigenvalue weighted by molar-refractivity contribution is 8.10. The normalized spacial score (nSPS) is 15.4. The van der Waals surface area contributed by atoms with Crippen LogP contribution in [-0.4, -0.2) is 28.4 Å². The lowest BCUT2D eigenvalue weighted by Crippen LogP contribution is -2.05. The fraction of sp³-hybridized carbons (Fsp3) is 0. The van der Waals surface area contributed by atoms with E-state index in [9.17, 15) is 8.42 Å². The number of hydrogen-bond acceptors (Lipinski definition) is 6. The number of allylic oxidation sites excluding steroid dienone is 2. The Labute approximate surface area is 179 Å². The first-order valence-electron chi connectivity index (χ1n) is 9.57. The van der Waals surface area contributed by atoms with E-state index in [1.165, 1.54) is 0 Å². The lowest BCUT2D eigenvalue weighted by Gasteiger charge is -2.10. The number of sulfone groups is 1. The Morgan fingerprint density at radius 2 is 0.774 bits per heavy atom. The molecule has 0 unspecified atom stereocenters. The average molecular weight is 424 g/mol. The lowest BCUT2D eigenvalue weighted by atomic mass is 9.96. The Morgan fingerprint density at radius 1 is 0.452 bits per heavy atom. The highest BCUT2D eigenvalue weighted by Crippen LogP contribution is 2.52. The van der Waals surface area contributed by atoms with Crippen molar-refractivity contribution in [3.05, 3.63) is 120 Å². The Bertz CT molecular complexity index is 1300. The minimum absolute atomic E-state index is 0.105. The minimum Gasteiger partial charge on any atom is -0.256 e. The van der Waals surface area contributed by atoms with E-state index in [0.29, 0.717) is 33.9 Å². The van der Waals surface area contributed by atoms with Gasteiger partial charge < -0.3 is 0 Å². The molecular formula is C24H16N4O2S. The van der Waals surface area contributed by atoms with Crippen LogP contribution in [0.2, 0.25) is 0 Å². The number of hydrogen-bond donors (Lipinski definition) is 0. The molecule has 5 heterocycles. The van der Waals surface area contributed by atoms with Crippen LogP contribution < -0.4 is 0 Å². The summed E-state index contributed by atoms with van der Waals surface area (Å²) in [5.41, 5.74) is 2.69. The van der Waals surface area contributed by atoms with Crippen LogP contribution in [0.5, 0.6) is 0 Å². The fourth-order valence-corrected chi connectivity index (χ4v) is 5.58. The van der Waals surface area contributed by atoms with Crippen molar-refractivity contribution < 1.29 is 8.42 Å². The van der Waals surface area contributed by atoms with Gasteiger partial charge >= 0.3 is 0 Å². The predicted octanol–water partition coefficient (Wildman–Crippen LogP) is 4.13. The van der Waals surface area contributed by atoms with Crippen LogP contribution in [0.15, 0.2) is 97.6 Å². The van der Waals surface area contributed by atoms with Gasteiger partial charge in [-0.2, -0.15) is 0 Å². The van der Waals surface area contributed by atoms with E-state index in [4.69, 9.17) is 0 Å². The molecule has 150 valence electrons. The van der Waals surface area contributed by atoms with Crippen LogP contribution in [0.25, 0.3) is 21.0 Å². The van der Waals surface area contributed by atoms with Gasteiger partial charge in [0, 0.05) is 35.9 Å². The van der Waals surface area contributed by atoms with Gasteiger partial charge in [-0.05, 0) is 48.5 Å². The molecule has 0 spiro atoms. The van der Waals surface area contributed by atoms with Crippen molar-refractivity contribution in [2.45, 2.75) is 0 Å². The van der Waals surface area contributed by atoms with E-state index >= 15 is 0 Å². The molecule has 0 aliphatic carbocycles. The third-order valence-electron chi connectivity index (χ3n) is 4.88. The van der Waals surface area contributed by atoms with Gasteiger partial charge in [0.05, 0.1) is 22.8 Å². The van der Waals surface area contributed by atoms with Crippen LogP contribution in [0.4, 0.5) is 0 Å². The number of rotatable bonds is 4. The highest BCUT2D eigenvalue weighted by atomic mass is 32.2. The molecule has 31 heavy (non-hydrogen) atoms. The molecule has 6 nitrogen and oxygen atoms in total. The van der Waals surface area contributed by atoms with E-state index in [2.05, 4.69) is 19.9 Å². The number of aromatic nitrogens is 4. The van der Waals surface area contributed by atoms with E-state index < -0.39 is 9.84 Å². The summed E-state index contributed by atoms with van der Waals surface area (Å²) in [5.74, 6) is 0. The Morgan fingerprint density at radius 3 is 1.06 bits per heavy atom. The molecule has 0 atom stereocenters. The largest absolute Gasteiger partial charge is 0.256 e. The summed E-state index contributed by atoms with van der Waals surface area (Å²) in [7, 11) is -3.97. The van der Waals surface area contributed by atoms with Gasteiger partial charge in [-0.15, -0.1) is 0 Å². The first-order chi connectivity index (χ1) is 15.2. The summed E-state index contributed by atoms with van der Waals surface area (Å²) in [6.07, 6.45) is 6.43. The molecule has 4 aromatic rings. The standard InChI is InChI=1S/C24H16N4O2S/c29-31(30)23(19-11-3-7-15-27-19)21(17-9-1-5-13-25-17)22(18-10-2-6-14-26-18)24(31)20-12-4-8-16-28-20/h1-16H. The van der Waals surface area contributed by atoms with Crippen molar-refractivity contribution in [1.29, 1.82) is 0 Å². The maximum Gasteiger partial charge on any atom is 0.212 e. The third-order valence-corrected chi connectivity index (χ3v) is 6.78. The monoisotopic (exact) mass is 424 g/mol. The molecule has 1 aliphatic heterocycles. The molecule has 0 fully saturated rings. The van der Waals surface area contributed by atoms with Gasteiger partial charge in [0.1, 0.15) is 9.81 Å². The van der Waals surface area contributed by atoms with E-state index in [-0.39, 0.29) is 9.81 Å². The summed E-state index contributed by atoms with van der Waals surface area (Å²) in [4.78, 5) is 17.9. The van der Waals surface area contributed by atoms with Crippen molar-refractivity contribution in [2.24, 2.45) is 0 Å². The zero-order valence-corrected chi connectivity index (χ0v) is 17.1. The second-order valence-corrected chi connectivity index (χ2v) is 8.59. The van der Waals surface area contributed by atoms with E-state index in [1.807, 2.05) is 12.1 Å². The SMILES string of the molecule is O=S1(=O)C(c2ccccn2)=C(c2ccccn2)C(c2ccccn2)=C1c1ccccn1. The molecule has 0 bridgehead atoms. The molecule has 5 rings (SSSR count). The first kappa shape index (κ1) is 19.0. The van der Waals surface area contributed by atoms with Gasteiger partial charge in [-0.1, -0.05) is 24.3 Å². The van der Waals surface area contributed by atoms with Gasteiger partial charge in [0.15, 0.2) is 0 Å². The Hall–Kier alpha value is -3.97. The maximum atomic E-state index is 14.0. The van der Waals surface area contributed by atoms with E-state index in [1.54, 1.807) is 85.5 Å². The van der Waals surface area contributed by atoms with Gasteiger partial charge in [0.2, 0.25) is 9.84 Å². The minimum atomic E-state index is -3.97. The topological polar surface area (TPSA) is 85.7 Å². The molecule has 0 saturated carbocycles. The molecule has 0 N–H and O–H groups in total. The van der Waals surface area contributed by atoms with Crippen LogP contribution in [0.1, 0.15) is 22.8 Å². The fourth-order valence-electron chi connectivity index (χ4n) is 3.63. The molecule has 0 radical (unpaired) electrons. The Balaban J connectivity index is 1.94. The first-order valence-corrected chi connectivity index (χ1v) is 11.1. The van der Waals surface area contributed by atoms with Crippen molar-refractivity contribution in [1.82, 2.24) is 19.9 Å². The summed E-state index contributed by atoms with van der Waals surface area (Å²) < 4.78 is 28.0. The zero-order chi connectivity index (χ0) is 21.3. The molecular weight excluding hydrogens is 408 g/mol. The molecule has 4 aromatic heterocycles. The lowest BCUT2D eigenvalue weighted by molar-refractivity contribution is 0.615. The molecule has 0 saturated heterocycles. The van der Waals surface area contributed by atoms with Crippen LogP contribution >= 0.6 is 0 Å². The Kier molecular flexibility index (Phi) is 4.72. The van der Waals surface area contributed by atoms with Crippen LogP contribution in [-0.2, 0) is 9.84 Å². The predicted molar refractivity (Wildman–Crippen MR) is 119 cm³/mol. The third kappa shape index (κ3) is 3.25. The highest BCUT2D eigenvalue weighted by Gasteiger charge is 2.42. The molecule has 7 heteroatoms. The summed E-state index contributed by atoms with van der Waals surface area (Å²) in [6, 6.07) is 21.2. The van der Waals surface area contributed by atoms with Crippen molar-refractivity contribution in [3.8, 4) is 0 Å². The summed E-state index contributed by atoms with van der Waals surface area (Å²) in [5, 5.41) is 0. The number of nitrogens with zero attached hydrogens (tertiary/aromatic N) is 4. The molecule has 1 aliphatic rings. The average Bonchev–Trinajstić information content (AvgIpc) is 3.08. The van der Waals surface area contributed by atoms with Crippen molar-refractivity contribution in [2.75, 3.05) is 0 Å². The molecule has 0 aromatic carbocycles. The van der Waals surface area contributed by atoms with E-state index in [0.717, 1.165) is 0 Å². The number of pyridine rings is 4. The smallest absolute Gasteiger partial charge is 0.212 e. The van der Waals surface area contributed by atoms with Crippen molar-refractivity contribution >= 4 is 30.8 Å².